The molecular formula is C23H39IN4O4. The van der Waals surface area contributed by atoms with Crippen LogP contribution in [0.5, 0.6) is 11.5 Å². The fraction of sp³-hybridized carbons (Fsp3) is 0.696. The molecule has 0 saturated carbocycles. The number of rotatable bonds is 11. The maximum atomic E-state index is 5.77. The zero-order chi connectivity index (χ0) is 21.9. The van der Waals surface area contributed by atoms with E-state index >= 15 is 0 Å². The van der Waals surface area contributed by atoms with Gasteiger partial charge in [-0.15, -0.1) is 24.0 Å². The highest BCUT2D eigenvalue weighted by Gasteiger charge is 2.23. The number of hydrogen-bond acceptors (Lipinski definition) is 6. The molecule has 1 aromatic rings. The van der Waals surface area contributed by atoms with Crippen LogP contribution in [0.15, 0.2) is 23.2 Å². The van der Waals surface area contributed by atoms with Gasteiger partial charge in [0.25, 0.3) is 0 Å². The number of nitrogens with one attached hydrogen (secondary N) is 2. The summed E-state index contributed by atoms with van der Waals surface area (Å²) in [5.74, 6) is 3.09. The third-order valence-corrected chi connectivity index (χ3v) is 5.79. The molecule has 182 valence electrons. The Bertz CT molecular complexity index is 678. The number of hydrogen-bond donors (Lipinski definition) is 2. The summed E-state index contributed by atoms with van der Waals surface area (Å²) in [6, 6.07) is 6.44. The lowest BCUT2D eigenvalue weighted by atomic mass is 10.1. The third-order valence-electron chi connectivity index (χ3n) is 5.79. The Labute approximate surface area is 209 Å². The molecule has 0 spiro atoms. The van der Waals surface area contributed by atoms with Crippen molar-refractivity contribution in [1.29, 1.82) is 0 Å². The maximum Gasteiger partial charge on any atom is 0.191 e. The van der Waals surface area contributed by atoms with Crippen LogP contribution in [0, 0.1) is 5.92 Å². The van der Waals surface area contributed by atoms with Crippen LogP contribution in [-0.4, -0.2) is 84.2 Å². The molecular weight excluding hydrogens is 523 g/mol. The number of benzene rings is 1. The Morgan fingerprint density at radius 2 is 1.97 bits per heavy atom. The van der Waals surface area contributed by atoms with Gasteiger partial charge in [0.2, 0.25) is 0 Å². The Hall–Kier alpha value is -1.30. The van der Waals surface area contributed by atoms with E-state index < -0.39 is 0 Å². The van der Waals surface area contributed by atoms with Crippen LogP contribution in [0.2, 0.25) is 0 Å². The van der Waals surface area contributed by atoms with Crippen molar-refractivity contribution in [3.8, 4) is 11.5 Å². The van der Waals surface area contributed by atoms with E-state index in [0.29, 0.717) is 12.0 Å². The fourth-order valence-electron chi connectivity index (χ4n) is 4.04. The average Bonchev–Trinajstić information content (AvgIpc) is 3.47. The molecule has 2 aliphatic heterocycles. The summed E-state index contributed by atoms with van der Waals surface area (Å²) in [5.41, 5.74) is 1.20. The molecule has 0 aliphatic carbocycles. The third kappa shape index (κ3) is 8.92. The number of likely N-dealkylation sites (tertiary alicyclic amines) is 1. The highest BCUT2D eigenvalue weighted by atomic mass is 127. The van der Waals surface area contributed by atoms with Crippen LogP contribution in [-0.2, 0) is 16.0 Å². The molecule has 0 aromatic heterocycles. The normalized spacial score (nSPS) is 21.3. The monoisotopic (exact) mass is 562 g/mol. The standard InChI is InChI=1S/C23H38N4O4.HI/c1-24-23(25-7-4-9-30-16-18-6-10-31-17-18)26-20-5-8-27(15-20)14-19-11-21(28-2)13-22(12-19)29-3;/h11-13,18,20H,4-10,14-17H2,1-3H3,(H2,24,25,26);1H. The van der Waals surface area contributed by atoms with Crippen molar-refractivity contribution in [2.45, 2.75) is 31.8 Å². The van der Waals surface area contributed by atoms with Gasteiger partial charge in [-0.3, -0.25) is 9.89 Å². The maximum absolute atomic E-state index is 5.77. The number of ether oxygens (including phenoxy) is 4. The largest absolute Gasteiger partial charge is 0.497 e. The first-order valence-corrected chi connectivity index (χ1v) is 11.3. The Morgan fingerprint density at radius 3 is 2.62 bits per heavy atom. The van der Waals surface area contributed by atoms with E-state index in [1.54, 1.807) is 14.2 Å². The van der Waals surface area contributed by atoms with Crippen LogP contribution >= 0.6 is 24.0 Å². The number of nitrogens with zero attached hydrogens (tertiary/aromatic N) is 2. The molecule has 32 heavy (non-hydrogen) atoms. The van der Waals surface area contributed by atoms with Crippen LogP contribution in [0.3, 0.4) is 0 Å². The Balaban J connectivity index is 0.00000363. The fourth-order valence-corrected chi connectivity index (χ4v) is 4.04. The van der Waals surface area contributed by atoms with E-state index in [0.717, 1.165) is 89.3 Å². The molecule has 2 saturated heterocycles. The minimum absolute atomic E-state index is 0. The molecule has 9 heteroatoms. The molecule has 0 amide bonds. The molecule has 3 rings (SSSR count). The molecule has 8 nitrogen and oxygen atoms in total. The van der Waals surface area contributed by atoms with Crippen LogP contribution in [0.25, 0.3) is 0 Å². The lowest BCUT2D eigenvalue weighted by molar-refractivity contribution is 0.0888. The molecule has 2 aliphatic rings. The first kappa shape index (κ1) is 26.9. The predicted molar refractivity (Wildman–Crippen MR) is 138 cm³/mol. The number of halogens is 1. The molecule has 2 unspecified atom stereocenters. The summed E-state index contributed by atoms with van der Waals surface area (Å²) >= 11 is 0. The van der Waals surface area contributed by atoms with Crippen molar-refractivity contribution in [2.24, 2.45) is 10.9 Å². The van der Waals surface area contributed by atoms with Crippen molar-refractivity contribution in [3.05, 3.63) is 23.8 Å². The van der Waals surface area contributed by atoms with Crippen molar-refractivity contribution < 1.29 is 18.9 Å². The Morgan fingerprint density at radius 1 is 1.19 bits per heavy atom. The minimum Gasteiger partial charge on any atom is -0.497 e. The van der Waals surface area contributed by atoms with Gasteiger partial charge in [-0.25, -0.2) is 0 Å². The van der Waals surface area contributed by atoms with E-state index in [1.165, 1.54) is 5.56 Å². The Kier molecular flexibility index (Phi) is 12.4. The van der Waals surface area contributed by atoms with Gasteiger partial charge >= 0.3 is 0 Å². The van der Waals surface area contributed by atoms with Gasteiger partial charge in [-0.2, -0.15) is 0 Å². The molecule has 1 aromatic carbocycles. The molecule has 2 N–H and O–H groups in total. The first-order chi connectivity index (χ1) is 15.2. The molecule has 2 heterocycles. The molecule has 0 bridgehead atoms. The second-order valence-corrected chi connectivity index (χ2v) is 8.24. The van der Waals surface area contributed by atoms with Gasteiger partial charge in [0, 0.05) is 64.5 Å². The van der Waals surface area contributed by atoms with Gasteiger partial charge in [0.1, 0.15) is 11.5 Å². The lowest BCUT2D eigenvalue weighted by Gasteiger charge is -2.19. The number of methoxy groups -OCH3 is 2. The summed E-state index contributed by atoms with van der Waals surface area (Å²) in [6.45, 7) is 7.05. The van der Waals surface area contributed by atoms with Crippen molar-refractivity contribution in [1.82, 2.24) is 15.5 Å². The molecule has 2 atom stereocenters. The topological polar surface area (TPSA) is 76.6 Å². The van der Waals surface area contributed by atoms with E-state index in [4.69, 9.17) is 18.9 Å². The van der Waals surface area contributed by atoms with Crippen molar-refractivity contribution in [3.63, 3.8) is 0 Å². The van der Waals surface area contributed by atoms with E-state index in [1.807, 2.05) is 13.1 Å². The average molecular weight is 562 g/mol. The van der Waals surface area contributed by atoms with Gasteiger partial charge in [-0.05, 0) is 37.0 Å². The second-order valence-electron chi connectivity index (χ2n) is 8.24. The minimum atomic E-state index is 0. The second kappa shape index (κ2) is 14.8. The SMILES string of the molecule is CN=C(NCCCOCC1CCOC1)NC1CCN(Cc2cc(OC)cc(OC)c2)C1.I. The van der Waals surface area contributed by atoms with Gasteiger partial charge in [0.05, 0.1) is 27.4 Å². The summed E-state index contributed by atoms with van der Waals surface area (Å²) in [5, 5.41) is 6.95. The molecule has 2 fully saturated rings. The van der Waals surface area contributed by atoms with Gasteiger partial charge < -0.3 is 29.6 Å². The quantitative estimate of drug-likeness (QED) is 0.186. The first-order valence-electron chi connectivity index (χ1n) is 11.3. The van der Waals surface area contributed by atoms with Crippen LogP contribution in [0.4, 0.5) is 0 Å². The van der Waals surface area contributed by atoms with Crippen molar-refractivity contribution >= 4 is 29.9 Å². The smallest absolute Gasteiger partial charge is 0.191 e. The van der Waals surface area contributed by atoms with Crippen LogP contribution < -0.4 is 20.1 Å². The van der Waals surface area contributed by atoms with Gasteiger partial charge in [-0.1, -0.05) is 0 Å². The van der Waals surface area contributed by atoms with E-state index in [-0.39, 0.29) is 24.0 Å². The summed E-state index contributed by atoms with van der Waals surface area (Å²) in [7, 11) is 5.19. The van der Waals surface area contributed by atoms with Crippen molar-refractivity contribution in [2.75, 3.05) is 67.3 Å². The highest BCUT2D eigenvalue weighted by molar-refractivity contribution is 14.0. The summed E-state index contributed by atoms with van der Waals surface area (Å²) in [6.07, 6.45) is 3.18. The van der Waals surface area contributed by atoms with Gasteiger partial charge in [0.15, 0.2) is 5.96 Å². The lowest BCUT2D eigenvalue weighted by Crippen LogP contribution is -2.44. The zero-order valence-electron chi connectivity index (χ0n) is 19.6. The molecule has 0 radical (unpaired) electrons. The summed E-state index contributed by atoms with van der Waals surface area (Å²) in [4.78, 5) is 6.82. The van der Waals surface area contributed by atoms with Crippen LogP contribution in [0.1, 0.15) is 24.8 Å². The number of aliphatic imine (C=N–C) groups is 1. The number of guanidine groups is 1. The predicted octanol–water partition coefficient (Wildman–Crippen LogP) is 2.50. The highest BCUT2D eigenvalue weighted by Crippen LogP contribution is 2.24. The van der Waals surface area contributed by atoms with E-state index in [2.05, 4.69) is 32.7 Å². The summed E-state index contributed by atoms with van der Waals surface area (Å²) < 4.78 is 21.9. The van der Waals surface area contributed by atoms with E-state index in [9.17, 15) is 0 Å². The zero-order valence-corrected chi connectivity index (χ0v) is 21.9.